The van der Waals surface area contributed by atoms with E-state index in [9.17, 15) is 13.2 Å². The number of hydrogen-bond acceptors (Lipinski definition) is 3. The van der Waals surface area contributed by atoms with Crippen molar-refractivity contribution < 1.29 is 13.2 Å². The van der Waals surface area contributed by atoms with Crippen molar-refractivity contribution in [3.8, 4) is 0 Å². The highest BCUT2D eigenvalue weighted by Crippen LogP contribution is 2.21. The second kappa shape index (κ2) is 7.81. The minimum atomic E-state index is -3.57. The predicted octanol–water partition coefficient (Wildman–Crippen LogP) is 2.64. The molecule has 0 aliphatic rings. The summed E-state index contributed by atoms with van der Waals surface area (Å²) in [7, 11) is -3.57. The van der Waals surface area contributed by atoms with Gasteiger partial charge in [-0.1, -0.05) is 45.9 Å². The van der Waals surface area contributed by atoms with E-state index in [1.165, 1.54) is 4.31 Å². The lowest BCUT2D eigenvalue weighted by Gasteiger charge is -2.32. The highest BCUT2D eigenvalue weighted by atomic mass is 32.2. The van der Waals surface area contributed by atoms with Crippen LogP contribution in [0.4, 0.5) is 5.69 Å². The Morgan fingerprint density at radius 3 is 1.87 bits per heavy atom. The summed E-state index contributed by atoms with van der Waals surface area (Å²) in [4.78, 5) is 12.6. The van der Waals surface area contributed by atoms with Gasteiger partial charge in [-0.05, 0) is 30.9 Å². The Labute approximate surface area is 140 Å². The Kier molecular flexibility index (Phi) is 6.62. The molecule has 1 N–H and O–H groups in total. The summed E-state index contributed by atoms with van der Waals surface area (Å²) in [6, 6.07) is 7.88. The molecule has 1 aromatic rings. The predicted molar refractivity (Wildman–Crippen MR) is 94.8 cm³/mol. The number of anilines is 1. The number of hydrogen-bond donors (Lipinski definition) is 1. The molecule has 0 unspecified atom stereocenters. The molecule has 0 fully saturated rings. The highest BCUT2D eigenvalue weighted by Gasteiger charge is 2.31. The molecule has 0 bridgehead atoms. The quantitative estimate of drug-likeness (QED) is 0.830. The van der Waals surface area contributed by atoms with E-state index >= 15 is 0 Å². The molecule has 0 spiro atoms. The molecule has 0 aromatic heterocycles. The molecular weight excluding hydrogens is 312 g/mol. The summed E-state index contributed by atoms with van der Waals surface area (Å²) in [6.45, 7) is 9.78. The summed E-state index contributed by atoms with van der Waals surface area (Å²) in [5.74, 6) is 0.260. The molecule has 130 valence electrons. The fraction of sp³-hybridized carbons (Fsp3) is 0.588. The Hall–Kier alpha value is -1.56. The van der Waals surface area contributed by atoms with E-state index < -0.39 is 16.1 Å². The van der Waals surface area contributed by atoms with Gasteiger partial charge in [0, 0.05) is 6.04 Å². The summed E-state index contributed by atoms with van der Waals surface area (Å²) in [6.07, 6.45) is 1.12. The fourth-order valence-electron chi connectivity index (χ4n) is 2.77. The van der Waals surface area contributed by atoms with Crippen LogP contribution in [0.1, 0.15) is 34.6 Å². The van der Waals surface area contributed by atoms with Crippen LogP contribution in [0.3, 0.4) is 0 Å². The Balaban J connectivity index is 3.07. The first kappa shape index (κ1) is 19.5. The van der Waals surface area contributed by atoms with Gasteiger partial charge in [-0.2, -0.15) is 0 Å². The fourth-order valence-corrected chi connectivity index (χ4v) is 3.95. The van der Waals surface area contributed by atoms with Gasteiger partial charge in [0.25, 0.3) is 0 Å². The van der Waals surface area contributed by atoms with Crippen LogP contribution in [0.15, 0.2) is 30.3 Å². The van der Waals surface area contributed by atoms with Gasteiger partial charge in [-0.25, -0.2) is 8.42 Å². The maximum absolute atomic E-state index is 12.6. The standard InChI is InChI=1S/C17H28N2O3S/c1-12(2)16(13(3)4)18-17(20)14(5)19(23(6,21)22)15-10-8-7-9-11-15/h7-14,16H,1-6H3,(H,18,20)/t14-/m0/s1. The molecule has 1 atom stereocenters. The van der Waals surface area contributed by atoms with Crippen molar-refractivity contribution >= 4 is 21.6 Å². The third-order valence-corrected chi connectivity index (χ3v) is 5.09. The van der Waals surface area contributed by atoms with Crippen molar-refractivity contribution in [1.29, 1.82) is 0 Å². The van der Waals surface area contributed by atoms with Crippen molar-refractivity contribution in [3.63, 3.8) is 0 Å². The number of para-hydroxylation sites is 1. The average Bonchev–Trinajstić information content (AvgIpc) is 2.43. The number of nitrogens with zero attached hydrogens (tertiary/aromatic N) is 1. The van der Waals surface area contributed by atoms with Crippen LogP contribution >= 0.6 is 0 Å². The van der Waals surface area contributed by atoms with Gasteiger partial charge >= 0.3 is 0 Å². The first-order valence-electron chi connectivity index (χ1n) is 7.90. The van der Waals surface area contributed by atoms with Crippen LogP contribution < -0.4 is 9.62 Å². The van der Waals surface area contributed by atoms with Crippen molar-refractivity contribution in [3.05, 3.63) is 30.3 Å². The Morgan fingerprint density at radius 2 is 1.48 bits per heavy atom. The number of nitrogens with one attached hydrogen (secondary N) is 1. The largest absolute Gasteiger partial charge is 0.351 e. The number of rotatable bonds is 7. The molecule has 0 aliphatic heterocycles. The summed E-state index contributed by atoms with van der Waals surface area (Å²) >= 11 is 0. The van der Waals surface area contributed by atoms with Gasteiger partial charge < -0.3 is 5.32 Å². The average molecular weight is 340 g/mol. The van der Waals surface area contributed by atoms with Crippen LogP contribution in [0.2, 0.25) is 0 Å². The lowest BCUT2D eigenvalue weighted by molar-refractivity contribution is -0.123. The van der Waals surface area contributed by atoms with E-state index in [1.54, 1.807) is 31.2 Å². The van der Waals surface area contributed by atoms with E-state index in [0.29, 0.717) is 5.69 Å². The van der Waals surface area contributed by atoms with Crippen molar-refractivity contribution in [1.82, 2.24) is 5.32 Å². The molecule has 23 heavy (non-hydrogen) atoms. The zero-order valence-electron chi connectivity index (χ0n) is 14.8. The van der Waals surface area contributed by atoms with Gasteiger partial charge in [-0.15, -0.1) is 0 Å². The summed E-state index contributed by atoms with van der Waals surface area (Å²) < 4.78 is 25.5. The number of benzene rings is 1. The molecule has 6 heteroatoms. The molecule has 0 heterocycles. The number of carbonyl (C=O) groups excluding carboxylic acids is 1. The maximum atomic E-state index is 12.6. The molecule has 1 aromatic carbocycles. The lowest BCUT2D eigenvalue weighted by atomic mass is 9.93. The number of amides is 1. The number of carbonyl (C=O) groups is 1. The zero-order valence-corrected chi connectivity index (χ0v) is 15.6. The number of sulfonamides is 1. The van der Waals surface area contributed by atoms with E-state index in [4.69, 9.17) is 0 Å². The SMILES string of the molecule is CC(C)C(NC(=O)[C@H](C)N(c1ccccc1)S(C)(=O)=O)C(C)C. The van der Waals surface area contributed by atoms with Gasteiger partial charge in [-0.3, -0.25) is 9.10 Å². The van der Waals surface area contributed by atoms with Gasteiger partial charge in [0.05, 0.1) is 11.9 Å². The topological polar surface area (TPSA) is 66.5 Å². The third kappa shape index (κ3) is 5.23. The third-order valence-electron chi connectivity index (χ3n) is 3.84. The monoisotopic (exact) mass is 340 g/mol. The van der Waals surface area contributed by atoms with Crippen LogP contribution in [-0.4, -0.2) is 32.7 Å². The van der Waals surface area contributed by atoms with Crippen molar-refractivity contribution in [2.75, 3.05) is 10.6 Å². The maximum Gasteiger partial charge on any atom is 0.243 e. The van der Waals surface area contributed by atoms with Crippen LogP contribution in [0.25, 0.3) is 0 Å². The smallest absolute Gasteiger partial charge is 0.243 e. The highest BCUT2D eigenvalue weighted by molar-refractivity contribution is 7.92. The molecule has 0 radical (unpaired) electrons. The summed E-state index contributed by atoms with van der Waals surface area (Å²) in [5, 5.41) is 2.99. The normalized spacial score (nSPS) is 13.4. The Morgan fingerprint density at radius 1 is 1.00 bits per heavy atom. The minimum Gasteiger partial charge on any atom is -0.351 e. The van der Waals surface area contributed by atoms with Crippen molar-refractivity contribution in [2.24, 2.45) is 11.8 Å². The van der Waals surface area contributed by atoms with E-state index in [0.717, 1.165) is 6.26 Å². The van der Waals surface area contributed by atoms with Crippen LogP contribution in [-0.2, 0) is 14.8 Å². The summed E-state index contributed by atoms with van der Waals surface area (Å²) in [5.41, 5.74) is 0.489. The second-order valence-corrected chi connectivity index (χ2v) is 8.45. The van der Waals surface area contributed by atoms with Gasteiger partial charge in [0.2, 0.25) is 15.9 Å². The van der Waals surface area contributed by atoms with Gasteiger partial charge in [0.1, 0.15) is 6.04 Å². The van der Waals surface area contributed by atoms with Crippen molar-refractivity contribution in [2.45, 2.75) is 46.7 Å². The first-order chi connectivity index (χ1) is 10.6. The van der Waals surface area contributed by atoms with E-state index in [2.05, 4.69) is 5.32 Å². The zero-order chi connectivity index (χ0) is 17.8. The van der Waals surface area contributed by atoms with Crippen LogP contribution in [0, 0.1) is 11.8 Å². The molecule has 5 nitrogen and oxygen atoms in total. The van der Waals surface area contributed by atoms with E-state index in [-0.39, 0.29) is 23.8 Å². The van der Waals surface area contributed by atoms with Gasteiger partial charge in [0.15, 0.2) is 0 Å². The first-order valence-corrected chi connectivity index (χ1v) is 9.75. The molecular formula is C17H28N2O3S. The molecule has 0 saturated carbocycles. The lowest BCUT2D eigenvalue weighted by Crippen LogP contribution is -2.52. The second-order valence-electron chi connectivity index (χ2n) is 6.59. The molecule has 0 saturated heterocycles. The molecule has 1 rings (SSSR count). The van der Waals surface area contributed by atoms with E-state index in [1.807, 2.05) is 33.8 Å². The Bertz CT molecular complexity index is 604. The molecule has 1 amide bonds. The molecule has 0 aliphatic carbocycles. The van der Waals surface area contributed by atoms with Crippen LogP contribution in [0.5, 0.6) is 0 Å². The minimum absolute atomic E-state index is 0.00198.